The third-order valence-corrected chi connectivity index (χ3v) is 15.4. The van der Waals surface area contributed by atoms with E-state index >= 15 is 0 Å². The van der Waals surface area contributed by atoms with Crippen molar-refractivity contribution in [2.45, 2.75) is 96.1 Å². The van der Waals surface area contributed by atoms with Gasteiger partial charge in [0.05, 0.1) is 5.92 Å². The highest BCUT2D eigenvalue weighted by Crippen LogP contribution is 2.49. The fraction of sp³-hybridized carbons (Fsp3) is 0.842. The Balaban J connectivity index is 2.46. The lowest BCUT2D eigenvalue weighted by Gasteiger charge is -2.51. The van der Waals surface area contributed by atoms with E-state index in [2.05, 4.69) is 67.7 Å². The first-order valence-corrected chi connectivity index (χ1v) is 15.1. The maximum absolute atomic E-state index is 12.1. The number of hydrogen-bond donors (Lipinski definition) is 0. The molecule has 0 saturated carbocycles. The third kappa shape index (κ3) is 3.82. The van der Waals surface area contributed by atoms with Crippen LogP contribution in [0.25, 0.3) is 0 Å². The van der Waals surface area contributed by atoms with Gasteiger partial charge in [-0.15, -0.1) is 0 Å². The molecule has 0 aromatic rings. The van der Waals surface area contributed by atoms with Gasteiger partial charge in [-0.3, -0.25) is 4.79 Å². The predicted octanol–water partition coefficient (Wildman–Crippen LogP) is 5.23. The Bertz CT molecular complexity index is 539. The molecular weight excluding hydrogens is 348 g/mol. The first-order chi connectivity index (χ1) is 11.0. The summed E-state index contributed by atoms with van der Waals surface area (Å²) in [6.07, 6.45) is 4.22. The summed E-state index contributed by atoms with van der Waals surface area (Å²) in [6.45, 7) is 22.2. The van der Waals surface area contributed by atoms with Crippen molar-refractivity contribution in [1.29, 1.82) is 0 Å². The van der Waals surface area contributed by atoms with Crippen LogP contribution in [0.2, 0.25) is 36.3 Å². The van der Waals surface area contributed by atoms with Crippen LogP contribution >= 0.6 is 0 Å². The molecule has 25 heavy (non-hydrogen) atoms. The molecule has 1 saturated heterocycles. The summed E-state index contributed by atoms with van der Waals surface area (Å²) in [5, 5.41) is 0.0915. The van der Waals surface area contributed by atoms with E-state index in [1.807, 2.05) is 12.2 Å². The van der Waals surface area contributed by atoms with Crippen molar-refractivity contribution in [1.82, 2.24) is 0 Å². The minimum absolute atomic E-state index is 0.0457. The number of ether oxygens (including phenoxy) is 1. The van der Waals surface area contributed by atoms with Crippen LogP contribution in [0.5, 0.6) is 0 Å². The SMILES string of the molecule is CC(C)(C)[Si](C)(C)OC1(O[Si](C)(C)C(C)(C)C)C=CC2CC1OC2=O. The maximum atomic E-state index is 12.1. The lowest BCUT2D eigenvalue weighted by atomic mass is 9.93. The molecule has 2 bridgehead atoms. The zero-order valence-corrected chi connectivity index (χ0v) is 19.6. The Morgan fingerprint density at radius 2 is 1.44 bits per heavy atom. The van der Waals surface area contributed by atoms with Crippen LogP contribution in [-0.2, 0) is 18.4 Å². The fourth-order valence-corrected chi connectivity index (χ4v) is 5.46. The van der Waals surface area contributed by atoms with Gasteiger partial charge in [-0.25, -0.2) is 0 Å². The average Bonchev–Trinajstić information content (AvgIpc) is 2.69. The van der Waals surface area contributed by atoms with Crippen molar-refractivity contribution < 1.29 is 18.4 Å². The summed E-state index contributed by atoms with van der Waals surface area (Å²) < 4.78 is 19.4. The van der Waals surface area contributed by atoms with Gasteiger partial charge in [0.2, 0.25) is 5.79 Å². The molecule has 1 aliphatic heterocycles. The Hall–Kier alpha value is -0.436. The van der Waals surface area contributed by atoms with Crippen molar-refractivity contribution in [3.63, 3.8) is 0 Å². The number of carbonyl (C=O) groups is 1. The normalized spacial score (nSPS) is 26.7. The smallest absolute Gasteiger partial charge is 0.313 e. The molecule has 1 aliphatic carbocycles. The van der Waals surface area contributed by atoms with Crippen LogP contribution in [0.1, 0.15) is 48.0 Å². The third-order valence-electron chi connectivity index (χ3n) is 6.48. The molecule has 0 aromatic heterocycles. The van der Waals surface area contributed by atoms with Crippen molar-refractivity contribution in [3.05, 3.63) is 12.2 Å². The molecule has 0 aromatic carbocycles. The Morgan fingerprint density at radius 3 is 1.84 bits per heavy atom. The molecule has 1 heterocycles. The van der Waals surface area contributed by atoms with E-state index in [0.717, 1.165) is 0 Å². The molecule has 2 rings (SSSR count). The molecule has 4 nitrogen and oxygen atoms in total. The Labute approximate surface area is 155 Å². The van der Waals surface area contributed by atoms with E-state index in [1.54, 1.807) is 0 Å². The first-order valence-electron chi connectivity index (χ1n) is 9.31. The summed E-state index contributed by atoms with van der Waals surface area (Å²) >= 11 is 0. The number of esters is 1. The second-order valence-electron chi connectivity index (χ2n) is 10.6. The Kier molecular flexibility index (Phi) is 5.04. The monoisotopic (exact) mass is 384 g/mol. The highest BCUT2D eigenvalue weighted by molar-refractivity contribution is 6.75. The van der Waals surface area contributed by atoms with Crippen LogP contribution in [0, 0.1) is 5.92 Å². The molecule has 2 aliphatic rings. The summed E-state index contributed by atoms with van der Waals surface area (Å²) in [5.74, 6) is -1.25. The first kappa shape index (κ1) is 20.9. The second-order valence-corrected chi connectivity index (χ2v) is 20.0. The average molecular weight is 385 g/mol. The number of hydrogen-bond acceptors (Lipinski definition) is 4. The van der Waals surface area contributed by atoms with Crippen molar-refractivity contribution in [2.24, 2.45) is 5.92 Å². The van der Waals surface area contributed by atoms with E-state index < -0.39 is 22.4 Å². The number of fused-ring (bicyclic) bond motifs is 2. The van der Waals surface area contributed by atoms with E-state index in [4.69, 9.17) is 13.6 Å². The van der Waals surface area contributed by atoms with E-state index in [1.165, 1.54) is 0 Å². The molecule has 0 spiro atoms. The molecule has 0 amide bonds. The zero-order chi connectivity index (χ0) is 19.5. The van der Waals surface area contributed by atoms with Gasteiger partial charge in [0, 0.05) is 6.42 Å². The minimum Gasteiger partial charge on any atom is -0.456 e. The van der Waals surface area contributed by atoms with Gasteiger partial charge in [-0.05, 0) is 42.3 Å². The van der Waals surface area contributed by atoms with Crippen LogP contribution in [0.3, 0.4) is 0 Å². The van der Waals surface area contributed by atoms with Crippen LogP contribution in [-0.4, -0.2) is 34.5 Å². The summed E-state index contributed by atoms with van der Waals surface area (Å²) in [5.41, 5.74) is 0. The largest absolute Gasteiger partial charge is 0.456 e. The second kappa shape index (κ2) is 6.04. The molecule has 0 N–H and O–H groups in total. The fourth-order valence-electron chi connectivity index (χ4n) is 2.69. The van der Waals surface area contributed by atoms with E-state index in [9.17, 15) is 4.79 Å². The molecule has 6 heteroatoms. The van der Waals surface area contributed by atoms with Crippen LogP contribution < -0.4 is 0 Å². The summed E-state index contributed by atoms with van der Waals surface area (Å²) in [6, 6.07) is 0. The van der Waals surface area contributed by atoms with E-state index in [-0.39, 0.29) is 28.1 Å². The number of carbonyl (C=O) groups excluding carboxylic acids is 1. The van der Waals surface area contributed by atoms with Crippen molar-refractivity contribution in [3.8, 4) is 0 Å². The predicted molar refractivity (Wildman–Crippen MR) is 106 cm³/mol. The van der Waals surface area contributed by atoms with Gasteiger partial charge in [0.25, 0.3) is 0 Å². The molecule has 2 unspecified atom stereocenters. The highest BCUT2D eigenvalue weighted by Gasteiger charge is 2.58. The van der Waals surface area contributed by atoms with Gasteiger partial charge in [0.1, 0.15) is 0 Å². The zero-order valence-electron chi connectivity index (χ0n) is 17.6. The van der Waals surface area contributed by atoms with Crippen molar-refractivity contribution >= 4 is 22.6 Å². The quantitative estimate of drug-likeness (QED) is 0.288. The van der Waals surface area contributed by atoms with E-state index in [0.29, 0.717) is 6.42 Å². The molecule has 144 valence electrons. The van der Waals surface area contributed by atoms with Gasteiger partial charge in [0.15, 0.2) is 22.7 Å². The minimum atomic E-state index is -2.13. The maximum Gasteiger partial charge on any atom is 0.313 e. The molecular formula is C19H36O4Si2. The van der Waals surface area contributed by atoms with Gasteiger partial charge in [-0.2, -0.15) is 0 Å². The van der Waals surface area contributed by atoms with Crippen molar-refractivity contribution in [2.75, 3.05) is 0 Å². The van der Waals surface area contributed by atoms with Gasteiger partial charge in [-0.1, -0.05) is 47.6 Å². The lowest BCUT2D eigenvalue weighted by Crippen LogP contribution is -2.61. The van der Waals surface area contributed by atoms with Crippen LogP contribution in [0.15, 0.2) is 12.2 Å². The summed E-state index contributed by atoms with van der Waals surface area (Å²) in [4.78, 5) is 12.1. The molecule has 2 atom stereocenters. The lowest BCUT2D eigenvalue weighted by molar-refractivity contribution is -0.181. The topological polar surface area (TPSA) is 44.8 Å². The standard InChI is InChI=1S/C19H36O4Si2/c1-17(2,3)24(7,8)22-19(23-25(9,10)18(4,5)6)12-11-14-13-15(19)21-16(14)20/h11-12,14-15H,13H2,1-10H3. The molecule has 1 fully saturated rings. The summed E-state index contributed by atoms with van der Waals surface area (Å²) in [7, 11) is -4.26. The number of rotatable bonds is 4. The van der Waals surface area contributed by atoms with Crippen LogP contribution in [0.4, 0.5) is 0 Å². The Morgan fingerprint density at radius 1 is 1.00 bits per heavy atom. The molecule has 0 radical (unpaired) electrons. The van der Waals surface area contributed by atoms with Gasteiger partial charge >= 0.3 is 5.97 Å². The van der Waals surface area contributed by atoms with Gasteiger partial charge < -0.3 is 13.6 Å². The highest BCUT2D eigenvalue weighted by atomic mass is 28.4.